The molecule has 0 bridgehead atoms. The number of aliphatic hydroxyl groups excluding tert-OH is 11. The van der Waals surface area contributed by atoms with Gasteiger partial charge in [-0.2, -0.15) is 0 Å². The summed E-state index contributed by atoms with van der Waals surface area (Å²) in [6, 6.07) is -1.01. The van der Waals surface area contributed by atoms with Gasteiger partial charge in [0.2, 0.25) is 5.91 Å². The summed E-state index contributed by atoms with van der Waals surface area (Å²) in [7, 11) is 0. The fraction of sp³-hybridized carbons (Fsp3) is 0.797. The molecule has 0 radical (unpaired) electrons. The zero-order valence-corrected chi connectivity index (χ0v) is 50.1. The van der Waals surface area contributed by atoms with Gasteiger partial charge >= 0.3 is 0 Å². The summed E-state index contributed by atoms with van der Waals surface area (Å²) in [5.41, 5.74) is 0. The summed E-state index contributed by atoms with van der Waals surface area (Å²) in [4.78, 5) is 13.3. The number of unbranched alkanes of at least 4 members (excludes halogenated alkanes) is 20. The summed E-state index contributed by atoms with van der Waals surface area (Å²) in [6.45, 7) is 1.56. The lowest BCUT2D eigenvalue weighted by Crippen LogP contribution is -2.66. The Morgan fingerprint density at radius 2 is 0.831 bits per heavy atom. The van der Waals surface area contributed by atoms with Crippen LogP contribution in [-0.2, 0) is 33.2 Å². The maximum Gasteiger partial charge on any atom is 0.220 e. The van der Waals surface area contributed by atoms with Crippen molar-refractivity contribution in [1.82, 2.24) is 5.32 Å². The Bertz CT molecular complexity index is 1790. The Morgan fingerprint density at radius 3 is 1.29 bits per heavy atom. The molecule has 12 N–H and O–H groups in total. The Balaban J connectivity index is 1.50. The molecule has 19 nitrogen and oxygen atoms in total. The molecule has 1 amide bonds. The second kappa shape index (κ2) is 46.4. The SMILES string of the molecule is CC/C=C\C/C=C\C/C=C\C/C=C\C/C=C\CCCC(=O)NC(COC1OC(CO)C(OC2OC(CO)C(OC3OC(CO)C(O)C(O)C3O)C(O)C2O)C(O)C1O)C(O)/C=C/CCCCCCCCCCCCCCCCCCCCC. The van der Waals surface area contributed by atoms with Crippen LogP contribution in [0.4, 0.5) is 0 Å². The van der Waals surface area contributed by atoms with Crippen molar-refractivity contribution in [3.05, 3.63) is 72.9 Å². The number of allylic oxidation sites excluding steroid dienone is 11. The molecule has 83 heavy (non-hydrogen) atoms. The van der Waals surface area contributed by atoms with Gasteiger partial charge in [-0.25, -0.2) is 0 Å². The van der Waals surface area contributed by atoms with E-state index in [4.69, 9.17) is 28.4 Å². The lowest BCUT2D eigenvalue weighted by atomic mass is 9.96. The molecule has 3 heterocycles. The van der Waals surface area contributed by atoms with Crippen LogP contribution < -0.4 is 5.32 Å². The van der Waals surface area contributed by atoms with E-state index in [0.29, 0.717) is 12.8 Å². The maximum absolute atomic E-state index is 13.3. The molecular formula is C64H111NO18. The molecule has 0 saturated carbocycles. The van der Waals surface area contributed by atoms with Crippen LogP contribution in [0.25, 0.3) is 0 Å². The second-order valence-electron chi connectivity index (χ2n) is 22.5. The van der Waals surface area contributed by atoms with Crippen LogP contribution in [0.3, 0.4) is 0 Å². The minimum atomic E-state index is -1.99. The van der Waals surface area contributed by atoms with Crippen molar-refractivity contribution in [3.63, 3.8) is 0 Å². The van der Waals surface area contributed by atoms with Crippen molar-refractivity contribution < 1.29 is 89.4 Å². The topological polar surface area (TPSA) is 307 Å². The molecule has 0 aromatic carbocycles. The monoisotopic (exact) mass is 1180 g/mol. The third-order valence-electron chi connectivity index (χ3n) is 15.5. The van der Waals surface area contributed by atoms with Crippen molar-refractivity contribution >= 4 is 5.91 Å². The molecule has 3 aliphatic heterocycles. The van der Waals surface area contributed by atoms with Gasteiger partial charge in [0.05, 0.1) is 38.6 Å². The molecule has 3 aliphatic rings. The Kier molecular flexibility index (Phi) is 41.6. The van der Waals surface area contributed by atoms with Gasteiger partial charge in [-0.3, -0.25) is 4.79 Å². The van der Waals surface area contributed by atoms with E-state index >= 15 is 0 Å². The van der Waals surface area contributed by atoms with Gasteiger partial charge in [-0.05, 0) is 57.8 Å². The standard InChI is InChI=1S/C64H111NO18/c1-3-5-7-9-11-13-15-17-19-21-22-23-24-26-27-29-31-33-35-37-39-41-48(69)47(65-52(70)42-40-38-36-34-32-30-28-25-20-18-16-14-12-10-8-6-4-2)46-78-62-58(76)55(73)60(50(44-67)80-62)83-64-59(77)56(74)61(51(45-68)81-64)82-63-57(75)54(72)53(71)49(43-66)79-63/h6,8,12,14,18,20,28,30,34,36,39,41,47-51,53-64,66-69,71-77H,3-5,7,9-11,13,15-17,19,21-27,29,31-33,35,37-38,40,42-46H2,1-2H3,(H,65,70)/b8-6-,14-12-,20-18-,30-28-,36-34-,41-39+. The van der Waals surface area contributed by atoms with Crippen LogP contribution >= 0.6 is 0 Å². The number of carbonyl (C=O) groups is 1. The van der Waals surface area contributed by atoms with Crippen molar-refractivity contribution in [1.29, 1.82) is 0 Å². The summed E-state index contributed by atoms with van der Waals surface area (Å²) < 4.78 is 34.2. The number of carbonyl (C=O) groups excluding carboxylic acids is 1. The van der Waals surface area contributed by atoms with Gasteiger partial charge in [0.25, 0.3) is 0 Å². The molecule has 0 aromatic heterocycles. The first kappa shape index (κ1) is 74.5. The van der Waals surface area contributed by atoms with Gasteiger partial charge in [-0.15, -0.1) is 0 Å². The van der Waals surface area contributed by atoms with Gasteiger partial charge in [0, 0.05) is 6.42 Å². The maximum atomic E-state index is 13.3. The van der Waals surface area contributed by atoms with Crippen LogP contribution in [0.1, 0.15) is 194 Å². The summed E-state index contributed by atoms with van der Waals surface area (Å²) in [5.74, 6) is -0.334. The van der Waals surface area contributed by atoms with E-state index in [9.17, 15) is 61.0 Å². The highest BCUT2D eigenvalue weighted by atomic mass is 16.8. The summed E-state index contributed by atoms with van der Waals surface area (Å²) >= 11 is 0. The van der Waals surface area contributed by atoms with Crippen LogP contribution in [0.5, 0.6) is 0 Å². The van der Waals surface area contributed by atoms with Gasteiger partial charge in [-0.1, -0.05) is 202 Å². The fourth-order valence-corrected chi connectivity index (χ4v) is 10.3. The molecule has 0 aromatic rings. The van der Waals surface area contributed by atoms with E-state index in [1.807, 2.05) is 12.2 Å². The predicted molar refractivity (Wildman–Crippen MR) is 318 cm³/mol. The first-order valence-electron chi connectivity index (χ1n) is 31.7. The normalized spacial score (nSPS) is 29.9. The van der Waals surface area contributed by atoms with Crippen molar-refractivity contribution in [2.24, 2.45) is 0 Å². The Labute approximate surface area is 496 Å². The zero-order valence-electron chi connectivity index (χ0n) is 50.1. The van der Waals surface area contributed by atoms with Gasteiger partial charge < -0.3 is 89.9 Å². The highest BCUT2D eigenvalue weighted by Gasteiger charge is 2.53. The average Bonchev–Trinajstić information content (AvgIpc) is 3.35. The Morgan fingerprint density at radius 1 is 0.446 bits per heavy atom. The van der Waals surface area contributed by atoms with E-state index < -0.39 is 124 Å². The van der Waals surface area contributed by atoms with Crippen molar-refractivity contribution in [3.8, 4) is 0 Å². The van der Waals surface area contributed by atoms with Gasteiger partial charge in [0.1, 0.15) is 73.2 Å². The molecule has 17 atom stereocenters. The van der Waals surface area contributed by atoms with Crippen molar-refractivity contribution in [2.45, 2.75) is 298 Å². The zero-order chi connectivity index (χ0) is 60.5. The van der Waals surface area contributed by atoms with Crippen LogP contribution in [0.2, 0.25) is 0 Å². The number of amides is 1. The van der Waals surface area contributed by atoms with E-state index in [2.05, 4.69) is 73.8 Å². The van der Waals surface area contributed by atoms with E-state index in [-0.39, 0.29) is 18.9 Å². The highest BCUT2D eigenvalue weighted by molar-refractivity contribution is 5.76. The molecular weight excluding hydrogens is 1070 g/mol. The molecule has 0 spiro atoms. The molecule has 0 aliphatic carbocycles. The predicted octanol–water partition coefficient (Wildman–Crippen LogP) is 6.60. The van der Waals surface area contributed by atoms with Crippen LogP contribution in [0.15, 0.2) is 72.9 Å². The number of nitrogens with one attached hydrogen (secondary N) is 1. The van der Waals surface area contributed by atoms with E-state index in [0.717, 1.165) is 57.8 Å². The smallest absolute Gasteiger partial charge is 0.220 e. The number of rotatable bonds is 46. The van der Waals surface area contributed by atoms with Crippen LogP contribution in [-0.4, -0.2) is 193 Å². The summed E-state index contributed by atoms with van der Waals surface area (Å²) in [5, 5.41) is 120. The highest BCUT2D eigenvalue weighted by Crippen LogP contribution is 2.33. The fourth-order valence-electron chi connectivity index (χ4n) is 10.3. The number of ether oxygens (including phenoxy) is 6. The third-order valence-corrected chi connectivity index (χ3v) is 15.5. The van der Waals surface area contributed by atoms with E-state index in [1.54, 1.807) is 6.08 Å². The quantitative estimate of drug-likeness (QED) is 0.0226. The molecule has 3 rings (SSSR count). The van der Waals surface area contributed by atoms with E-state index in [1.165, 1.54) is 103 Å². The molecule has 3 saturated heterocycles. The first-order chi connectivity index (χ1) is 40.3. The average molecular weight is 1180 g/mol. The largest absolute Gasteiger partial charge is 0.394 e. The van der Waals surface area contributed by atoms with Gasteiger partial charge in [0.15, 0.2) is 18.9 Å². The number of hydrogen-bond donors (Lipinski definition) is 12. The minimum absolute atomic E-state index is 0.162. The molecule has 480 valence electrons. The second-order valence-corrected chi connectivity index (χ2v) is 22.5. The lowest BCUT2D eigenvalue weighted by Gasteiger charge is -2.48. The number of hydrogen-bond acceptors (Lipinski definition) is 18. The first-order valence-corrected chi connectivity index (χ1v) is 31.7. The molecule has 3 fully saturated rings. The van der Waals surface area contributed by atoms with Crippen molar-refractivity contribution in [2.75, 3.05) is 26.4 Å². The lowest BCUT2D eigenvalue weighted by molar-refractivity contribution is -0.379. The number of aliphatic hydroxyl groups is 11. The third kappa shape index (κ3) is 29.7. The molecule has 19 heteroatoms. The summed E-state index contributed by atoms with van der Waals surface area (Å²) in [6.07, 6.45) is 28.9. The van der Waals surface area contributed by atoms with Crippen LogP contribution in [0, 0.1) is 0 Å². The Hall–Kier alpha value is -2.77. The minimum Gasteiger partial charge on any atom is -0.394 e. The molecule has 17 unspecified atom stereocenters.